The molecule has 2 fully saturated rings. The third-order valence-electron chi connectivity index (χ3n) is 4.22. The standard InChI is InChI=1S/C16H25NO4/c1-10-8-11(12(18)16(5)6-7-16)13(19)17(9-10)14(20)21-15(2,3)4/h10-11H,6-9H2,1-5H3/t10-,11?/m0/s1. The van der Waals surface area contributed by atoms with Crippen molar-refractivity contribution in [2.75, 3.05) is 6.54 Å². The van der Waals surface area contributed by atoms with Gasteiger partial charge in [0, 0.05) is 12.0 Å². The molecule has 2 atom stereocenters. The Bertz CT molecular complexity index is 473. The average Bonchev–Trinajstić information content (AvgIpc) is 3.08. The third kappa shape index (κ3) is 3.44. The van der Waals surface area contributed by atoms with Crippen molar-refractivity contribution in [2.24, 2.45) is 17.3 Å². The van der Waals surface area contributed by atoms with Gasteiger partial charge in [0.25, 0.3) is 0 Å². The molecule has 0 aromatic carbocycles. The zero-order valence-corrected chi connectivity index (χ0v) is 13.6. The molecular weight excluding hydrogens is 270 g/mol. The summed E-state index contributed by atoms with van der Waals surface area (Å²) in [6.07, 6.45) is 1.58. The summed E-state index contributed by atoms with van der Waals surface area (Å²) < 4.78 is 5.28. The van der Waals surface area contributed by atoms with Gasteiger partial charge < -0.3 is 4.74 Å². The van der Waals surface area contributed by atoms with Crippen LogP contribution < -0.4 is 0 Å². The summed E-state index contributed by atoms with van der Waals surface area (Å²) in [5.74, 6) is -0.964. The van der Waals surface area contributed by atoms with Crippen LogP contribution in [0.25, 0.3) is 0 Å². The number of hydrogen-bond donors (Lipinski definition) is 0. The first-order chi connectivity index (χ1) is 9.53. The van der Waals surface area contributed by atoms with Crippen LogP contribution in [-0.4, -0.2) is 34.8 Å². The van der Waals surface area contributed by atoms with E-state index in [0.29, 0.717) is 13.0 Å². The van der Waals surface area contributed by atoms with Gasteiger partial charge in [0.15, 0.2) is 5.78 Å². The number of Topliss-reactive ketones (excluding diaryl/α,β-unsaturated/α-hetero) is 1. The van der Waals surface area contributed by atoms with Crippen LogP contribution in [0.4, 0.5) is 4.79 Å². The fourth-order valence-electron chi connectivity index (χ4n) is 2.72. The highest BCUT2D eigenvalue weighted by molar-refractivity contribution is 6.09. The number of carbonyl (C=O) groups is 3. The van der Waals surface area contributed by atoms with Crippen LogP contribution in [0.3, 0.4) is 0 Å². The van der Waals surface area contributed by atoms with Crippen molar-refractivity contribution in [3.8, 4) is 0 Å². The molecule has 5 heteroatoms. The summed E-state index contributed by atoms with van der Waals surface area (Å²) in [5.41, 5.74) is -1.00. The zero-order valence-electron chi connectivity index (χ0n) is 13.6. The molecule has 0 bridgehead atoms. The second-order valence-electron chi connectivity index (χ2n) is 7.75. The van der Waals surface area contributed by atoms with Crippen molar-refractivity contribution in [3.63, 3.8) is 0 Å². The first-order valence-electron chi connectivity index (χ1n) is 7.62. The molecule has 1 saturated carbocycles. The first-order valence-corrected chi connectivity index (χ1v) is 7.62. The van der Waals surface area contributed by atoms with Gasteiger partial charge in [-0.2, -0.15) is 0 Å². The Balaban J connectivity index is 2.14. The number of hydrogen-bond acceptors (Lipinski definition) is 4. The number of ether oxygens (including phenoxy) is 1. The highest BCUT2D eigenvalue weighted by atomic mass is 16.6. The van der Waals surface area contributed by atoms with Gasteiger partial charge in [-0.3, -0.25) is 9.59 Å². The van der Waals surface area contributed by atoms with E-state index in [2.05, 4.69) is 0 Å². The van der Waals surface area contributed by atoms with Crippen LogP contribution in [0.15, 0.2) is 0 Å². The molecule has 1 saturated heterocycles. The van der Waals surface area contributed by atoms with E-state index in [1.54, 1.807) is 20.8 Å². The molecule has 118 valence electrons. The normalized spacial score (nSPS) is 28.2. The first kappa shape index (κ1) is 16.0. The van der Waals surface area contributed by atoms with Crippen LogP contribution in [-0.2, 0) is 14.3 Å². The van der Waals surface area contributed by atoms with Crippen molar-refractivity contribution >= 4 is 17.8 Å². The molecule has 21 heavy (non-hydrogen) atoms. The van der Waals surface area contributed by atoms with Crippen molar-refractivity contribution in [1.29, 1.82) is 0 Å². The highest BCUT2D eigenvalue weighted by Crippen LogP contribution is 2.49. The Labute approximate surface area is 126 Å². The Hall–Kier alpha value is -1.39. The van der Waals surface area contributed by atoms with Gasteiger partial charge in [-0.25, -0.2) is 9.69 Å². The third-order valence-corrected chi connectivity index (χ3v) is 4.22. The van der Waals surface area contributed by atoms with E-state index in [0.717, 1.165) is 17.7 Å². The minimum atomic E-state index is -0.686. The molecule has 0 spiro atoms. The molecule has 0 aromatic rings. The largest absolute Gasteiger partial charge is 0.443 e. The number of ketones is 1. The number of piperidine rings is 1. The highest BCUT2D eigenvalue weighted by Gasteiger charge is 2.52. The lowest BCUT2D eigenvalue weighted by Gasteiger charge is -2.35. The minimum Gasteiger partial charge on any atom is -0.443 e. The fourth-order valence-corrected chi connectivity index (χ4v) is 2.72. The molecule has 0 N–H and O–H groups in total. The number of amides is 2. The molecule has 0 radical (unpaired) electrons. The molecule has 1 unspecified atom stereocenters. The summed E-state index contributed by atoms with van der Waals surface area (Å²) in [7, 11) is 0. The van der Waals surface area contributed by atoms with Gasteiger partial charge in [-0.05, 0) is 46.0 Å². The van der Waals surface area contributed by atoms with E-state index < -0.39 is 17.6 Å². The van der Waals surface area contributed by atoms with Crippen LogP contribution in [0.2, 0.25) is 0 Å². The molecule has 1 aliphatic heterocycles. The molecule has 1 heterocycles. The second kappa shape index (κ2) is 5.11. The van der Waals surface area contributed by atoms with Crippen molar-refractivity contribution in [1.82, 2.24) is 4.90 Å². The van der Waals surface area contributed by atoms with E-state index in [4.69, 9.17) is 4.74 Å². The lowest BCUT2D eigenvalue weighted by molar-refractivity contribution is -0.146. The van der Waals surface area contributed by atoms with E-state index in [-0.39, 0.29) is 23.0 Å². The van der Waals surface area contributed by atoms with Gasteiger partial charge in [0.1, 0.15) is 5.60 Å². The Morgan fingerprint density at radius 3 is 2.33 bits per heavy atom. The maximum atomic E-state index is 12.5. The number of likely N-dealkylation sites (tertiary alicyclic amines) is 1. The summed E-state index contributed by atoms with van der Waals surface area (Å²) in [4.78, 5) is 38.3. The van der Waals surface area contributed by atoms with Crippen molar-refractivity contribution in [3.05, 3.63) is 0 Å². The number of imide groups is 1. The molecule has 2 aliphatic rings. The summed E-state index contributed by atoms with van der Waals surface area (Å²) in [6, 6.07) is 0. The fraction of sp³-hybridized carbons (Fsp3) is 0.812. The Morgan fingerprint density at radius 2 is 1.86 bits per heavy atom. The van der Waals surface area contributed by atoms with Gasteiger partial charge in [-0.1, -0.05) is 13.8 Å². The predicted molar refractivity (Wildman–Crippen MR) is 77.6 cm³/mol. The van der Waals surface area contributed by atoms with Crippen molar-refractivity contribution < 1.29 is 19.1 Å². The van der Waals surface area contributed by atoms with E-state index in [9.17, 15) is 14.4 Å². The zero-order chi connectivity index (χ0) is 16.0. The molecule has 1 aliphatic carbocycles. The minimum absolute atomic E-state index is 0.00684. The molecule has 2 rings (SSSR count). The summed E-state index contributed by atoms with van der Waals surface area (Å²) in [6.45, 7) is 9.47. The Morgan fingerprint density at radius 1 is 1.29 bits per heavy atom. The van der Waals surface area contributed by atoms with Crippen LogP contribution in [0, 0.1) is 17.3 Å². The second-order valence-corrected chi connectivity index (χ2v) is 7.75. The van der Waals surface area contributed by atoms with Gasteiger partial charge >= 0.3 is 6.09 Å². The van der Waals surface area contributed by atoms with Crippen LogP contribution in [0.5, 0.6) is 0 Å². The van der Waals surface area contributed by atoms with E-state index >= 15 is 0 Å². The van der Waals surface area contributed by atoms with Crippen molar-refractivity contribution in [2.45, 2.75) is 59.5 Å². The Kier molecular flexibility index (Phi) is 3.89. The van der Waals surface area contributed by atoms with Gasteiger partial charge in [-0.15, -0.1) is 0 Å². The van der Waals surface area contributed by atoms with Crippen LogP contribution in [0.1, 0.15) is 53.9 Å². The quantitative estimate of drug-likeness (QED) is 0.735. The topological polar surface area (TPSA) is 63.7 Å². The summed E-state index contributed by atoms with van der Waals surface area (Å²) >= 11 is 0. The summed E-state index contributed by atoms with van der Waals surface area (Å²) in [5, 5.41) is 0. The maximum Gasteiger partial charge on any atom is 0.417 e. The SMILES string of the molecule is C[C@H]1CC(C(=O)C2(C)CC2)C(=O)N(C(=O)OC(C)(C)C)C1. The van der Waals surface area contributed by atoms with E-state index in [1.165, 1.54) is 0 Å². The number of carbonyl (C=O) groups excluding carboxylic acids is 3. The number of nitrogens with zero attached hydrogens (tertiary/aromatic N) is 1. The molecule has 0 aromatic heterocycles. The lowest BCUT2D eigenvalue weighted by atomic mass is 9.81. The molecule has 5 nitrogen and oxygen atoms in total. The maximum absolute atomic E-state index is 12.5. The van der Waals surface area contributed by atoms with Gasteiger partial charge in [0.2, 0.25) is 5.91 Å². The van der Waals surface area contributed by atoms with E-state index in [1.807, 2.05) is 13.8 Å². The average molecular weight is 295 g/mol. The number of rotatable bonds is 2. The van der Waals surface area contributed by atoms with Gasteiger partial charge in [0.05, 0.1) is 5.92 Å². The van der Waals surface area contributed by atoms with Crippen LogP contribution >= 0.6 is 0 Å². The smallest absolute Gasteiger partial charge is 0.417 e. The molecular formula is C16H25NO4. The monoisotopic (exact) mass is 295 g/mol. The lowest BCUT2D eigenvalue weighted by Crippen LogP contribution is -2.52. The molecule has 2 amide bonds. The predicted octanol–water partition coefficient (Wildman–Crippen LogP) is 2.78.